The second-order valence-corrected chi connectivity index (χ2v) is 10.7. The number of nitrogens with two attached hydrogens (primary N) is 1. The molecule has 0 saturated carbocycles. The number of benzene rings is 2. The van der Waals surface area contributed by atoms with E-state index >= 15 is 0 Å². The van der Waals surface area contributed by atoms with Gasteiger partial charge in [-0.15, -0.1) is 0 Å². The van der Waals surface area contributed by atoms with Crippen LogP contribution < -0.4 is 11.1 Å². The average Bonchev–Trinajstić information content (AvgIpc) is 2.84. The molecule has 8 nitrogen and oxygen atoms in total. The fourth-order valence-corrected chi connectivity index (χ4v) is 4.34. The monoisotopic (exact) mass is 516 g/mol. The number of allylic oxidation sites excluding steroid dienone is 1. The Hall–Kier alpha value is -3.24. The van der Waals surface area contributed by atoms with Gasteiger partial charge in [0.2, 0.25) is 5.78 Å². The summed E-state index contributed by atoms with van der Waals surface area (Å²) in [5.41, 5.74) is 10.4. The number of hydrogen-bond donors (Lipinski definition) is 3. The van der Waals surface area contributed by atoms with E-state index < -0.39 is 16.9 Å². The molecular formula is C27H40N4O4S. The van der Waals surface area contributed by atoms with Crippen molar-refractivity contribution in [3.8, 4) is 11.3 Å². The first kappa shape index (κ1) is 29.0. The van der Waals surface area contributed by atoms with Gasteiger partial charge in [0, 0.05) is 44.9 Å². The number of carbonyl (C=O) groups excluding carboxylic acids is 1. The highest BCUT2D eigenvalue weighted by Gasteiger charge is 2.14. The molecule has 1 heterocycles. The molecule has 0 saturated heterocycles. The van der Waals surface area contributed by atoms with E-state index in [1.807, 2.05) is 62.4 Å². The van der Waals surface area contributed by atoms with Crippen LogP contribution in [0.25, 0.3) is 17.0 Å². The number of rotatable bonds is 10. The fraction of sp³-hybridized carbons (Fsp3) is 0.296. The van der Waals surface area contributed by atoms with E-state index in [9.17, 15) is 14.1 Å². The highest BCUT2D eigenvalue weighted by Crippen LogP contribution is 2.21. The summed E-state index contributed by atoms with van der Waals surface area (Å²) >= 11 is 0. The molecule has 198 valence electrons. The Morgan fingerprint density at radius 2 is 1.78 bits per heavy atom. The smallest absolute Gasteiger partial charge is 0.208 e. The molecular weight excluding hydrogens is 476 g/mol. The number of aryl methyl sites for hydroxylation is 1. The van der Waals surface area contributed by atoms with Crippen molar-refractivity contribution < 1.29 is 23.9 Å². The largest absolute Gasteiger partial charge is 0.412 e. The van der Waals surface area contributed by atoms with E-state index in [1.54, 1.807) is 20.0 Å². The van der Waals surface area contributed by atoms with Gasteiger partial charge in [-0.2, -0.15) is 0 Å². The molecule has 0 radical (unpaired) electrons. The average molecular weight is 517 g/mol. The Morgan fingerprint density at radius 1 is 1.14 bits per heavy atom. The lowest BCUT2D eigenvalue weighted by Gasteiger charge is -2.09. The summed E-state index contributed by atoms with van der Waals surface area (Å²) in [5, 5.41) is 12.5. The van der Waals surface area contributed by atoms with Crippen LogP contribution in [0.5, 0.6) is 0 Å². The molecule has 0 aliphatic rings. The molecule has 3 aromatic rings. The summed E-state index contributed by atoms with van der Waals surface area (Å²) in [6.07, 6.45) is 2.59. The second-order valence-electron chi connectivity index (χ2n) is 8.70. The zero-order valence-electron chi connectivity index (χ0n) is 21.0. The van der Waals surface area contributed by atoms with Crippen LogP contribution in [0, 0.1) is 6.92 Å². The third kappa shape index (κ3) is 7.63. The van der Waals surface area contributed by atoms with Crippen LogP contribution in [0.15, 0.2) is 65.7 Å². The number of carbonyl (C=O) groups is 1. The van der Waals surface area contributed by atoms with Crippen molar-refractivity contribution >= 4 is 22.3 Å². The van der Waals surface area contributed by atoms with Gasteiger partial charge >= 0.3 is 0 Å². The van der Waals surface area contributed by atoms with Crippen LogP contribution in [-0.4, -0.2) is 48.4 Å². The lowest BCUT2D eigenvalue weighted by molar-refractivity contribution is 0.104. The van der Waals surface area contributed by atoms with Crippen molar-refractivity contribution in [1.82, 2.24) is 15.3 Å². The summed E-state index contributed by atoms with van der Waals surface area (Å²) in [7, 11) is -1.07. The van der Waals surface area contributed by atoms with Gasteiger partial charge in [0.05, 0.1) is 34.5 Å². The van der Waals surface area contributed by atoms with Crippen molar-refractivity contribution in [3.05, 3.63) is 83.3 Å². The predicted molar refractivity (Wildman–Crippen MR) is 150 cm³/mol. The summed E-state index contributed by atoms with van der Waals surface area (Å²) in [6, 6.07) is 14.9. The Bertz CT molecular complexity index is 1240. The van der Waals surface area contributed by atoms with Gasteiger partial charge in [0.25, 0.3) is 0 Å². The maximum absolute atomic E-state index is 13.0. The minimum atomic E-state index is -1.07. The van der Waals surface area contributed by atoms with E-state index in [0.29, 0.717) is 30.2 Å². The van der Waals surface area contributed by atoms with Gasteiger partial charge in [-0.05, 0) is 37.1 Å². The number of aliphatic hydroxyl groups excluding tert-OH is 1. The van der Waals surface area contributed by atoms with E-state index in [1.165, 1.54) is 6.08 Å². The highest BCUT2D eigenvalue weighted by atomic mass is 32.2. The molecule has 2 atom stereocenters. The van der Waals surface area contributed by atoms with E-state index in [2.05, 4.69) is 15.3 Å². The highest BCUT2D eigenvalue weighted by molar-refractivity contribution is 7.85. The third-order valence-electron chi connectivity index (χ3n) is 5.34. The number of nitrogens with zero attached hydrogens (tertiary/aromatic N) is 2. The van der Waals surface area contributed by atoms with Gasteiger partial charge in [0.1, 0.15) is 5.69 Å². The number of aromatic nitrogens is 2. The van der Waals surface area contributed by atoms with Crippen LogP contribution in [0.3, 0.4) is 0 Å². The van der Waals surface area contributed by atoms with Crippen LogP contribution in [0.2, 0.25) is 0 Å². The van der Waals surface area contributed by atoms with Gasteiger partial charge in [-0.1, -0.05) is 50.2 Å². The molecule has 6 N–H and O–H groups in total. The minimum Gasteiger partial charge on any atom is -0.412 e. The molecule has 2 aromatic carbocycles. The van der Waals surface area contributed by atoms with E-state index in [-0.39, 0.29) is 26.5 Å². The number of hydrogen-bond acceptors (Lipinski definition) is 7. The van der Waals surface area contributed by atoms with Crippen molar-refractivity contribution in [2.75, 3.05) is 6.54 Å². The van der Waals surface area contributed by atoms with Gasteiger partial charge in [0.15, 0.2) is 0 Å². The first-order valence-corrected chi connectivity index (χ1v) is 12.7. The van der Waals surface area contributed by atoms with Crippen LogP contribution >= 0.6 is 0 Å². The van der Waals surface area contributed by atoms with Gasteiger partial charge < -0.3 is 21.6 Å². The molecule has 36 heavy (non-hydrogen) atoms. The predicted octanol–water partition coefficient (Wildman–Crippen LogP) is 3.53. The number of nitrogens with one attached hydrogen (secondary N) is 1. The summed E-state index contributed by atoms with van der Waals surface area (Å²) in [5.74, 6) is -0.324. The number of aliphatic hydroxyl groups is 1. The molecule has 1 aromatic heterocycles. The second kappa shape index (κ2) is 13.2. The van der Waals surface area contributed by atoms with Crippen molar-refractivity contribution in [3.63, 3.8) is 0 Å². The molecule has 0 bridgehead atoms. The maximum atomic E-state index is 13.0. The van der Waals surface area contributed by atoms with Gasteiger partial charge in [-0.3, -0.25) is 14.0 Å². The Labute approximate surface area is 218 Å². The lowest BCUT2D eigenvalue weighted by Crippen LogP contribution is -2.23. The Balaban J connectivity index is 0. The summed E-state index contributed by atoms with van der Waals surface area (Å²) in [4.78, 5) is 22.6. The van der Waals surface area contributed by atoms with Crippen LogP contribution in [0.1, 0.15) is 52.4 Å². The van der Waals surface area contributed by atoms with Crippen molar-refractivity contribution in [2.45, 2.75) is 50.5 Å². The Morgan fingerprint density at radius 3 is 2.36 bits per heavy atom. The van der Waals surface area contributed by atoms with E-state index in [4.69, 9.17) is 5.73 Å². The summed E-state index contributed by atoms with van der Waals surface area (Å²) in [6.45, 7) is 8.43. The van der Waals surface area contributed by atoms with Crippen LogP contribution in [-0.2, 0) is 17.3 Å². The quantitative estimate of drug-likeness (QED) is 0.275. The molecule has 0 aliphatic carbocycles. The molecule has 9 heteroatoms. The number of ketones is 1. The molecule has 0 amide bonds. The zero-order chi connectivity index (χ0) is 25.5. The van der Waals surface area contributed by atoms with Crippen molar-refractivity contribution in [2.24, 2.45) is 5.73 Å². The topological polar surface area (TPSA) is 150 Å². The first-order valence-electron chi connectivity index (χ1n) is 11.5. The molecule has 3 rings (SSSR count). The first-order chi connectivity index (χ1) is 16.7. The Kier molecular flexibility index (Phi) is 10.6. The maximum Gasteiger partial charge on any atom is 0.208 e. The van der Waals surface area contributed by atoms with Crippen LogP contribution in [0.4, 0.5) is 0 Å². The molecule has 0 aliphatic heterocycles. The summed E-state index contributed by atoms with van der Waals surface area (Å²) < 4.78 is 12.3. The molecule has 0 fully saturated rings. The third-order valence-corrected chi connectivity index (χ3v) is 6.94. The zero-order valence-corrected chi connectivity index (χ0v) is 21.8. The van der Waals surface area contributed by atoms with Crippen molar-refractivity contribution in [1.29, 1.82) is 0 Å². The fourth-order valence-electron chi connectivity index (χ4n) is 3.39. The van der Waals surface area contributed by atoms with E-state index in [0.717, 1.165) is 21.6 Å². The molecule has 2 unspecified atom stereocenters. The lowest BCUT2D eigenvalue weighted by atomic mass is 10.1. The standard InChI is InChI=1S/C27H32N4O3S.H2O.3H2/c1-17(2)35(34)23-11-9-22(10-12-23)25-16-30-19(4)27(31-25)26(33)13-24(28)21-7-5-20(6-8-21)15-29-14-18(3)32;;;;/h5-13,16-18,29,32H,14-15,28H2,1-4H3;1H2;3*1H. The minimum absolute atomic E-state index is 0. The molecule has 0 spiro atoms. The SMILES string of the molecule is Cc1ncc(-c2ccc(S(=O)C(C)C)cc2)nc1C(=O)C=C(N)c1ccc(CNCC(C)O)cc1.O.[HH].[HH].[HH]. The van der Waals surface area contributed by atoms with Gasteiger partial charge in [-0.25, -0.2) is 4.98 Å². The normalized spacial score (nSPS) is 13.2.